The van der Waals surface area contributed by atoms with E-state index in [1.165, 1.54) is 6.20 Å². The first-order chi connectivity index (χ1) is 9.40. The van der Waals surface area contributed by atoms with Crippen molar-refractivity contribution < 1.29 is 4.79 Å². The molecule has 0 amide bonds. The molecule has 2 heterocycles. The van der Waals surface area contributed by atoms with Gasteiger partial charge in [-0.05, 0) is 12.1 Å². The zero-order chi connectivity index (χ0) is 13.1. The van der Waals surface area contributed by atoms with Gasteiger partial charge in [-0.2, -0.15) is 10.2 Å². The predicted molar refractivity (Wildman–Crippen MR) is 70.0 cm³/mol. The summed E-state index contributed by atoms with van der Waals surface area (Å²) < 4.78 is 1.62. The fourth-order valence-corrected chi connectivity index (χ4v) is 1.91. The fraction of sp³-hybridized carbons (Fsp3) is 0. The van der Waals surface area contributed by atoms with Gasteiger partial charge < -0.3 is 0 Å². The molecular weight excluding hydrogens is 240 g/mol. The van der Waals surface area contributed by atoms with Crippen LogP contribution in [0.1, 0.15) is 10.4 Å². The van der Waals surface area contributed by atoms with Crippen molar-refractivity contribution in [3.8, 4) is 17.1 Å². The van der Waals surface area contributed by atoms with Gasteiger partial charge in [-0.1, -0.05) is 30.3 Å². The Morgan fingerprint density at radius 1 is 1.05 bits per heavy atom. The molecule has 0 aliphatic rings. The average Bonchev–Trinajstić information content (AvgIpc) is 2.93. The quantitative estimate of drug-likeness (QED) is 0.668. The maximum Gasteiger partial charge on any atom is 0.176 e. The summed E-state index contributed by atoms with van der Waals surface area (Å²) in [5, 5.41) is 12.1. The lowest BCUT2D eigenvalue weighted by Gasteiger charge is -2.06. The highest BCUT2D eigenvalue weighted by molar-refractivity contribution is 5.86. The topological polar surface area (TPSA) is 60.7 Å². The molecule has 92 valence electrons. The Kier molecular flexibility index (Phi) is 2.86. The first-order valence-electron chi connectivity index (χ1n) is 5.77. The van der Waals surface area contributed by atoms with E-state index in [1.807, 2.05) is 30.3 Å². The summed E-state index contributed by atoms with van der Waals surface area (Å²) in [6, 6.07) is 13.2. The van der Waals surface area contributed by atoms with Crippen LogP contribution in [0.3, 0.4) is 0 Å². The first kappa shape index (κ1) is 11.3. The van der Waals surface area contributed by atoms with Crippen molar-refractivity contribution >= 4 is 6.29 Å². The SMILES string of the molecule is O=Cc1cnn(-c2cccnn2)c1-c1ccccc1. The molecule has 5 heteroatoms. The van der Waals surface area contributed by atoms with Gasteiger partial charge in [0.15, 0.2) is 12.1 Å². The summed E-state index contributed by atoms with van der Waals surface area (Å²) >= 11 is 0. The molecule has 0 saturated carbocycles. The van der Waals surface area contributed by atoms with Gasteiger partial charge >= 0.3 is 0 Å². The average molecular weight is 250 g/mol. The second kappa shape index (κ2) is 4.81. The van der Waals surface area contributed by atoms with E-state index in [1.54, 1.807) is 23.0 Å². The van der Waals surface area contributed by atoms with Crippen molar-refractivity contribution in [1.29, 1.82) is 0 Å². The molecule has 3 rings (SSSR count). The Balaban J connectivity index is 2.23. The number of carbonyl (C=O) groups excluding carboxylic acids is 1. The molecule has 0 unspecified atom stereocenters. The molecular formula is C14H10N4O. The van der Waals surface area contributed by atoms with Crippen LogP contribution < -0.4 is 0 Å². The third kappa shape index (κ3) is 2.01. The van der Waals surface area contributed by atoms with Gasteiger partial charge in [-0.3, -0.25) is 4.79 Å². The molecule has 3 aromatic rings. The molecule has 0 atom stereocenters. The minimum Gasteiger partial charge on any atom is -0.298 e. The van der Waals surface area contributed by atoms with Crippen LogP contribution in [0.2, 0.25) is 0 Å². The summed E-state index contributed by atoms with van der Waals surface area (Å²) in [4.78, 5) is 11.2. The molecule has 0 saturated heterocycles. The first-order valence-corrected chi connectivity index (χ1v) is 5.77. The van der Waals surface area contributed by atoms with Crippen LogP contribution in [0.4, 0.5) is 0 Å². The van der Waals surface area contributed by atoms with Crippen molar-refractivity contribution in [3.63, 3.8) is 0 Å². The van der Waals surface area contributed by atoms with Gasteiger partial charge in [-0.25, -0.2) is 4.68 Å². The molecule has 0 fully saturated rings. The van der Waals surface area contributed by atoms with Crippen LogP contribution in [0.25, 0.3) is 17.1 Å². The van der Waals surface area contributed by atoms with Crippen molar-refractivity contribution in [3.05, 3.63) is 60.4 Å². The molecule has 0 aliphatic carbocycles. The summed E-state index contributed by atoms with van der Waals surface area (Å²) in [6.45, 7) is 0. The van der Waals surface area contributed by atoms with Gasteiger partial charge in [0.2, 0.25) is 0 Å². The highest BCUT2D eigenvalue weighted by atomic mass is 16.1. The number of aromatic nitrogens is 4. The lowest BCUT2D eigenvalue weighted by molar-refractivity contribution is 0.112. The van der Waals surface area contributed by atoms with Gasteiger partial charge in [0, 0.05) is 11.8 Å². The third-order valence-electron chi connectivity index (χ3n) is 2.75. The van der Waals surface area contributed by atoms with E-state index in [9.17, 15) is 4.79 Å². The number of hydrogen-bond acceptors (Lipinski definition) is 4. The zero-order valence-electron chi connectivity index (χ0n) is 9.97. The van der Waals surface area contributed by atoms with E-state index >= 15 is 0 Å². The normalized spacial score (nSPS) is 10.3. The van der Waals surface area contributed by atoms with Crippen molar-refractivity contribution in [2.24, 2.45) is 0 Å². The van der Waals surface area contributed by atoms with Gasteiger partial charge in [0.1, 0.15) is 0 Å². The molecule has 0 aliphatic heterocycles. The molecule has 2 aromatic heterocycles. The van der Waals surface area contributed by atoms with Crippen LogP contribution in [-0.2, 0) is 0 Å². The molecule has 0 N–H and O–H groups in total. The molecule has 0 bridgehead atoms. The standard InChI is InChI=1S/C14H10N4O/c19-10-12-9-16-18(13-7-4-8-15-17-13)14(12)11-5-2-1-3-6-11/h1-10H. The number of hydrogen-bond donors (Lipinski definition) is 0. The van der Waals surface area contributed by atoms with Crippen LogP contribution in [-0.4, -0.2) is 26.3 Å². The van der Waals surface area contributed by atoms with E-state index in [2.05, 4.69) is 15.3 Å². The van der Waals surface area contributed by atoms with Gasteiger partial charge in [-0.15, -0.1) is 5.10 Å². The van der Waals surface area contributed by atoms with Crippen molar-refractivity contribution in [2.45, 2.75) is 0 Å². The maximum absolute atomic E-state index is 11.2. The van der Waals surface area contributed by atoms with Crippen LogP contribution >= 0.6 is 0 Å². The summed E-state index contributed by atoms with van der Waals surface area (Å²) in [7, 11) is 0. The Morgan fingerprint density at radius 2 is 1.89 bits per heavy atom. The predicted octanol–water partition coefficient (Wildman–Crippen LogP) is 2.14. The number of aldehydes is 1. The summed E-state index contributed by atoms with van der Waals surface area (Å²) in [5.74, 6) is 0.578. The Hall–Kier alpha value is -2.82. The van der Waals surface area contributed by atoms with Crippen molar-refractivity contribution in [2.75, 3.05) is 0 Å². The second-order valence-corrected chi connectivity index (χ2v) is 3.93. The highest BCUT2D eigenvalue weighted by Crippen LogP contribution is 2.24. The van der Waals surface area contributed by atoms with Crippen molar-refractivity contribution in [1.82, 2.24) is 20.0 Å². The van der Waals surface area contributed by atoms with E-state index in [0.717, 1.165) is 17.5 Å². The van der Waals surface area contributed by atoms with E-state index in [4.69, 9.17) is 0 Å². The Labute approximate surface area is 109 Å². The molecule has 19 heavy (non-hydrogen) atoms. The summed E-state index contributed by atoms with van der Waals surface area (Å²) in [5.41, 5.74) is 2.15. The summed E-state index contributed by atoms with van der Waals surface area (Å²) in [6.07, 6.45) is 3.92. The van der Waals surface area contributed by atoms with E-state index in [-0.39, 0.29) is 0 Å². The number of carbonyl (C=O) groups is 1. The molecule has 0 spiro atoms. The monoisotopic (exact) mass is 250 g/mol. The lowest BCUT2D eigenvalue weighted by Crippen LogP contribution is -2.03. The Bertz CT molecular complexity index is 692. The molecule has 5 nitrogen and oxygen atoms in total. The molecule has 1 aromatic carbocycles. The Morgan fingerprint density at radius 3 is 2.58 bits per heavy atom. The van der Waals surface area contributed by atoms with Crippen LogP contribution in [0, 0.1) is 0 Å². The van der Waals surface area contributed by atoms with E-state index in [0.29, 0.717) is 11.4 Å². The van der Waals surface area contributed by atoms with Crippen LogP contribution in [0.5, 0.6) is 0 Å². The minimum absolute atomic E-state index is 0.525. The van der Waals surface area contributed by atoms with Gasteiger partial charge in [0.05, 0.1) is 17.5 Å². The number of nitrogens with zero attached hydrogens (tertiary/aromatic N) is 4. The highest BCUT2D eigenvalue weighted by Gasteiger charge is 2.14. The van der Waals surface area contributed by atoms with Crippen LogP contribution in [0.15, 0.2) is 54.9 Å². The fourth-order valence-electron chi connectivity index (χ4n) is 1.91. The largest absolute Gasteiger partial charge is 0.298 e. The smallest absolute Gasteiger partial charge is 0.176 e. The van der Waals surface area contributed by atoms with Gasteiger partial charge in [0.25, 0.3) is 0 Å². The minimum atomic E-state index is 0.525. The maximum atomic E-state index is 11.2. The lowest BCUT2D eigenvalue weighted by atomic mass is 10.1. The number of benzene rings is 1. The second-order valence-electron chi connectivity index (χ2n) is 3.93. The number of rotatable bonds is 3. The third-order valence-corrected chi connectivity index (χ3v) is 2.75. The molecule has 0 radical (unpaired) electrons. The zero-order valence-corrected chi connectivity index (χ0v) is 9.97. The van der Waals surface area contributed by atoms with E-state index < -0.39 is 0 Å².